The quantitative estimate of drug-likeness (QED) is 0.0878. The molecule has 0 aliphatic rings. The van der Waals surface area contributed by atoms with Gasteiger partial charge in [0.15, 0.2) is 0 Å². The average Bonchev–Trinajstić information content (AvgIpc) is 2.96. The van der Waals surface area contributed by atoms with E-state index in [0.29, 0.717) is 5.92 Å². The molecule has 0 saturated carbocycles. The van der Waals surface area contributed by atoms with Gasteiger partial charge in [0.05, 0.1) is 0 Å². The number of hydrogen-bond donors (Lipinski definition) is 0. The minimum atomic E-state index is -3.11. The van der Waals surface area contributed by atoms with E-state index in [-0.39, 0.29) is 29.6 Å². The molecule has 0 spiro atoms. The Kier molecular flexibility index (Phi) is 32.9. The fourth-order valence-electron chi connectivity index (χ4n) is 5.01. The van der Waals surface area contributed by atoms with Crippen LogP contribution < -0.4 is 29.6 Å². The molecule has 0 N–H and O–H groups in total. The Hall–Kier alpha value is -0.940. The van der Waals surface area contributed by atoms with Crippen molar-refractivity contribution in [3.8, 4) is 0 Å². The summed E-state index contributed by atoms with van der Waals surface area (Å²) in [7, 11) is -3.11. The fourth-order valence-corrected chi connectivity index (χ4v) is 5.01. The molecule has 0 aliphatic carbocycles. The molecule has 5 heteroatoms. The van der Waals surface area contributed by atoms with Crippen molar-refractivity contribution in [2.45, 2.75) is 155 Å². The summed E-state index contributed by atoms with van der Waals surface area (Å²) in [5.74, 6) is 1.44. The second-order valence-corrected chi connectivity index (χ2v) is 11.7. The van der Waals surface area contributed by atoms with E-state index in [1.807, 2.05) is 12.1 Å². The van der Waals surface area contributed by atoms with Crippen LogP contribution in [-0.4, -0.2) is 12.6 Å². The molecule has 0 aliphatic heterocycles. The van der Waals surface area contributed by atoms with E-state index in [4.69, 9.17) is 12.6 Å². The van der Waals surface area contributed by atoms with Gasteiger partial charge in [-0.2, -0.15) is 35.9 Å². The molecule has 0 amide bonds. The predicted octanol–water partition coefficient (Wildman–Crippen LogP) is 8.44. The number of unbranched alkanes of at least 4 members (excludes halogenated alkanes) is 14. The van der Waals surface area contributed by atoms with E-state index in [0.717, 1.165) is 5.92 Å². The fraction of sp³-hybridized carbons (Fsp3) is 0.667. The summed E-state index contributed by atoms with van der Waals surface area (Å²) in [5.41, 5.74) is 2.97. The first-order chi connectivity index (χ1) is 19.4. The molecule has 0 radical (unpaired) electrons. The van der Waals surface area contributed by atoms with Crippen molar-refractivity contribution in [2.24, 2.45) is 0 Å². The summed E-state index contributed by atoms with van der Waals surface area (Å²) in [6.45, 7) is 9.26. The van der Waals surface area contributed by atoms with Crippen molar-refractivity contribution >= 4 is 10.6 Å². The van der Waals surface area contributed by atoms with Crippen LogP contribution in [0.25, 0.3) is 0 Å². The van der Waals surface area contributed by atoms with Crippen LogP contribution in [0.1, 0.15) is 166 Å². The van der Waals surface area contributed by atoms with Crippen LogP contribution in [0.2, 0.25) is 0 Å². The number of benzene rings is 2. The Morgan fingerprint density at radius 2 is 0.854 bits per heavy atom. The first-order valence-electron chi connectivity index (χ1n) is 16.2. The van der Waals surface area contributed by atoms with Gasteiger partial charge in [-0.3, -0.25) is 0 Å². The SMILES string of the molecule is CCCCCCCCCCC(C)c1cc[c-]cc1.CCCCCCCCCCC(C)c1ccccc1.O=S(=O)=O.[Na+]. The Labute approximate surface area is 278 Å². The van der Waals surface area contributed by atoms with E-state index < -0.39 is 10.6 Å². The van der Waals surface area contributed by atoms with Gasteiger partial charge in [-0.15, -0.1) is 12.6 Å². The molecule has 0 bridgehead atoms. The van der Waals surface area contributed by atoms with Gasteiger partial charge >= 0.3 is 40.2 Å². The molecule has 2 unspecified atom stereocenters. The normalized spacial score (nSPS) is 11.6. The maximum Gasteiger partial charge on any atom is 1.00 e. The third-order valence-corrected chi connectivity index (χ3v) is 7.66. The van der Waals surface area contributed by atoms with Crippen molar-refractivity contribution in [3.63, 3.8) is 0 Å². The summed E-state index contributed by atoms with van der Waals surface area (Å²) >= 11 is 0. The Balaban J connectivity index is 0. The number of hydrogen-bond acceptors (Lipinski definition) is 3. The standard InChI is InChI=1S/C18H30.C18H29.Na.O3S/c2*1-3-4-5-6-7-8-9-11-14-17(2)18-15-12-10-13-16-18;;1-4(2)3/h10,12-13,15-17H,3-9,11,14H2,1-2H3;12-13,15-17H,3-9,11,14H2,1-2H3;;/q;-1;+1;. The molecule has 0 saturated heterocycles. The van der Waals surface area contributed by atoms with E-state index in [2.05, 4.69) is 76.2 Å². The minimum absolute atomic E-state index is 0. The molecular formula is C36H59NaO3S. The summed E-state index contributed by atoms with van der Waals surface area (Å²) in [6.07, 6.45) is 25.4. The Bertz CT molecular complexity index is 820. The maximum absolute atomic E-state index is 8.44. The zero-order valence-electron chi connectivity index (χ0n) is 27.2. The van der Waals surface area contributed by atoms with Gasteiger partial charge in [0.2, 0.25) is 0 Å². The van der Waals surface area contributed by atoms with Gasteiger partial charge in [0, 0.05) is 0 Å². The van der Waals surface area contributed by atoms with Crippen molar-refractivity contribution < 1.29 is 42.2 Å². The molecule has 228 valence electrons. The molecule has 0 heterocycles. The molecule has 0 aromatic heterocycles. The first kappa shape index (κ1) is 42.2. The van der Waals surface area contributed by atoms with Crippen LogP contribution in [0, 0.1) is 6.07 Å². The summed E-state index contributed by atoms with van der Waals surface area (Å²) in [5, 5.41) is 0. The number of rotatable bonds is 20. The summed E-state index contributed by atoms with van der Waals surface area (Å²) in [4.78, 5) is 0. The van der Waals surface area contributed by atoms with Crippen molar-refractivity contribution in [3.05, 3.63) is 71.8 Å². The van der Waals surface area contributed by atoms with E-state index >= 15 is 0 Å². The molecule has 2 rings (SSSR count). The van der Waals surface area contributed by atoms with Crippen LogP contribution >= 0.6 is 0 Å². The van der Waals surface area contributed by atoms with Crippen molar-refractivity contribution in [1.82, 2.24) is 0 Å². The van der Waals surface area contributed by atoms with E-state index in [1.165, 1.54) is 127 Å². The monoisotopic (exact) mass is 594 g/mol. The predicted molar refractivity (Wildman–Crippen MR) is 173 cm³/mol. The smallest absolute Gasteiger partial charge is 0.184 e. The first-order valence-corrected chi connectivity index (χ1v) is 17.2. The topological polar surface area (TPSA) is 51.2 Å². The Morgan fingerprint density at radius 3 is 1.22 bits per heavy atom. The zero-order chi connectivity index (χ0) is 29.7. The third-order valence-electron chi connectivity index (χ3n) is 7.66. The molecule has 0 fully saturated rings. The van der Waals surface area contributed by atoms with Gasteiger partial charge in [-0.1, -0.05) is 161 Å². The van der Waals surface area contributed by atoms with Crippen LogP contribution in [0.15, 0.2) is 54.6 Å². The van der Waals surface area contributed by atoms with Crippen molar-refractivity contribution in [2.75, 3.05) is 0 Å². The molecule has 2 aromatic rings. The summed E-state index contributed by atoms with van der Waals surface area (Å²) in [6, 6.07) is 22.5. The van der Waals surface area contributed by atoms with Gasteiger partial charge < -0.3 is 0 Å². The van der Waals surface area contributed by atoms with Crippen LogP contribution in [-0.2, 0) is 10.6 Å². The van der Waals surface area contributed by atoms with Crippen LogP contribution in [0.3, 0.4) is 0 Å². The minimum Gasteiger partial charge on any atom is -0.184 e. The molecule has 2 atom stereocenters. The second-order valence-electron chi connectivity index (χ2n) is 11.3. The molecule has 3 nitrogen and oxygen atoms in total. The van der Waals surface area contributed by atoms with E-state index in [9.17, 15) is 0 Å². The Morgan fingerprint density at radius 1 is 0.537 bits per heavy atom. The van der Waals surface area contributed by atoms with Gasteiger partial charge in [0.1, 0.15) is 0 Å². The molecular weight excluding hydrogens is 535 g/mol. The largest absolute Gasteiger partial charge is 1.00 e. The average molecular weight is 595 g/mol. The van der Waals surface area contributed by atoms with Gasteiger partial charge in [-0.05, 0) is 30.2 Å². The molecule has 2 aromatic carbocycles. The molecule has 41 heavy (non-hydrogen) atoms. The van der Waals surface area contributed by atoms with Crippen LogP contribution in [0.5, 0.6) is 0 Å². The van der Waals surface area contributed by atoms with E-state index in [1.54, 1.807) is 0 Å². The zero-order valence-corrected chi connectivity index (χ0v) is 30.0. The van der Waals surface area contributed by atoms with Gasteiger partial charge in [0.25, 0.3) is 0 Å². The second kappa shape index (κ2) is 32.0. The van der Waals surface area contributed by atoms with Gasteiger partial charge in [-0.25, -0.2) is 0 Å². The van der Waals surface area contributed by atoms with Crippen LogP contribution in [0.4, 0.5) is 0 Å². The maximum atomic E-state index is 8.44. The summed E-state index contributed by atoms with van der Waals surface area (Å²) < 4.78 is 25.3. The third kappa shape index (κ3) is 28.9. The van der Waals surface area contributed by atoms with Crippen molar-refractivity contribution in [1.29, 1.82) is 0 Å².